The maximum Gasteiger partial charge on any atom is 0.233 e. The Bertz CT molecular complexity index is 447. The molecule has 21 heavy (non-hydrogen) atoms. The summed E-state index contributed by atoms with van der Waals surface area (Å²) in [6, 6.07) is 5.85. The highest BCUT2D eigenvalue weighted by molar-refractivity contribution is 5.77. The number of hydrogen-bond donors (Lipinski definition) is 2. The van der Waals surface area contributed by atoms with Crippen molar-refractivity contribution < 1.29 is 14.3 Å². The minimum Gasteiger partial charge on any atom is -0.493 e. The van der Waals surface area contributed by atoms with E-state index in [1.807, 2.05) is 18.2 Å². The van der Waals surface area contributed by atoms with E-state index < -0.39 is 0 Å². The van der Waals surface area contributed by atoms with E-state index in [4.69, 9.17) is 9.47 Å². The van der Waals surface area contributed by atoms with Crippen LogP contribution in [0.3, 0.4) is 0 Å². The summed E-state index contributed by atoms with van der Waals surface area (Å²) in [5.74, 6) is 1.96. The van der Waals surface area contributed by atoms with Crippen LogP contribution in [0, 0.1) is 5.92 Å². The monoisotopic (exact) mass is 294 g/mol. The Kier molecular flexibility index (Phi) is 7.61. The molecule has 0 aliphatic heterocycles. The van der Waals surface area contributed by atoms with Crippen molar-refractivity contribution in [3.05, 3.63) is 23.8 Å². The average Bonchev–Trinajstić information content (AvgIpc) is 2.49. The molecular formula is C16H26N2O3. The van der Waals surface area contributed by atoms with Crippen molar-refractivity contribution in [1.82, 2.24) is 10.6 Å². The molecule has 0 aliphatic rings. The number of ether oxygens (including phenoxy) is 2. The van der Waals surface area contributed by atoms with Crippen molar-refractivity contribution >= 4 is 5.91 Å². The molecule has 0 spiro atoms. The fraction of sp³-hybridized carbons (Fsp3) is 0.562. The number of benzene rings is 1. The van der Waals surface area contributed by atoms with Gasteiger partial charge < -0.3 is 20.1 Å². The number of hydrogen-bond acceptors (Lipinski definition) is 4. The van der Waals surface area contributed by atoms with Crippen molar-refractivity contribution in [1.29, 1.82) is 0 Å². The zero-order valence-corrected chi connectivity index (χ0v) is 13.4. The molecule has 1 rings (SSSR count). The van der Waals surface area contributed by atoms with Gasteiger partial charge in [-0.25, -0.2) is 0 Å². The van der Waals surface area contributed by atoms with Crippen LogP contribution in [0.15, 0.2) is 18.2 Å². The Hall–Kier alpha value is -1.75. The van der Waals surface area contributed by atoms with E-state index in [2.05, 4.69) is 24.5 Å². The number of methoxy groups -OCH3 is 2. The maximum atomic E-state index is 11.5. The first-order valence-electron chi connectivity index (χ1n) is 7.25. The van der Waals surface area contributed by atoms with Gasteiger partial charge in [-0.15, -0.1) is 0 Å². The van der Waals surface area contributed by atoms with E-state index in [1.54, 1.807) is 14.2 Å². The lowest BCUT2D eigenvalue weighted by molar-refractivity contribution is -0.120. The van der Waals surface area contributed by atoms with Crippen LogP contribution in [0.2, 0.25) is 0 Å². The molecule has 0 saturated carbocycles. The van der Waals surface area contributed by atoms with Gasteiger partial charge in [0.1, 0.15) is 0 Å². The molecule has 1 aromatic rings. The van der Waals surface area contributed by atoms with E-state index in [0.717, 1.165) is 36.6 Å². The molecule has 5 nitrogen and oxygen atoms in total. The molecule has 0 aliphatic carbocycles. The summed E-state index contributed by atoms with van der Waals surface area (Å²) in [4.78, 5) is 11.5. The summed E-state index contributed by atoms with van der Waals surface area (Å²) in [5.41, 5.74) is 1.14. The van der Waals surface area contributed by atoms with E-state index in [9.17, 15) is 4.79 Å². The standard InChI is InChI=1S/C16H26N2O3/c1-12(2)10-18-16(19)11-17-8-7-13-5-6-14(20-3)15(9-13)21-4/h5-6,9,12,17H,7-8,10-11H2,1-4H3,(H,18,19). The van der Waals surface area contributed by atoms with Gasteiger partial charge in [-0.3, -0.25) is 4.79 Å². The van der Waals surface area contributed by atoms with Crippen LogP contribution in [-0.4, -0.2) is 39.8 Å². The Balaban J connectivity index is 2.31. The highest BCUT2D eigenvalue weighted by atomic mass is 16.5. The maximum absolute atomic E-state index is 11.5. The SMILES string of the molecule is COc1ccc(CCNCC(=O)NCC(C)C)cc1OC. The van der Waals surface area contributed by atoms with Gasteiger partial charge in [0.2, 0.25) is 5.91 Å². The molecule has 0 aromatic heterocycles. The van der Waals surface area contributed by atoms with Gasteiger partial charge in [0.15, 0.2) is 11.5 Å². The Morgan fingerprint density at radius 3 is 2.52 bits per heavy atom. The fourth-order valence-electron chi connectivity index (χ4n) is 1.85. The van der Waals surface area contributed by atoms with Crippen molar-refractivity contribution in [2.75, 3.05) is 33.9 Å². The summed E-state index contributed by atoms with van der Waals surface area (Å²) in [6.07, 6.45) is 0.831. The molecule has 0 saturated heterocycles. The van der Waals surface area contributed by atoms with E-state index >= 15 is 0 Å². The van der Waals surface area contributed by atoms with Gasteiger partial charge in [-0.05, 0) is 36.6 Å². The van der Waals surface area contributed by atoms with Crippen molar-refractivity contribution in [3.63, 3.8) is 0 Å². The first kappa shape index (κ1) is 17.3. The summed E-state index contributed by atoms with van der Waals surface area (Å²) in [5, 5.41) is 6.02. The van der Waals surface area contributed by atoms with Crippen LogP contribution in [-0.2, 0) is 11.2 Å². The molecule has 2 N–H and O–H groups in total. The van der Waals surface area contributed by atoms with E-state index in [0.29, 0.717) is 12.5 Å². The smallest absolute Gasteiger partial charge is 0.233 e. The van der Waals surface area contributed by atoms with E-state index in [-0.39, 0.29) is 5.91 Å². The molecule has 0 heterocycles. The van der Waals surface area contributed by atoms with Crippen LogP contribution in [0.1, 0.15) is 19.4 Å². The normalized spacial score (nSPS) is 10.5. The van der Waals surface area contributed by atoms with Crippen molar-refractivity contribution in [3.8, 4) is 11.5 Å². The molecular weight excluding hydrogens is 268 g/mol. The van der Waals surface area contributed by atoms with Crippen molar-refractivity contribution in [2.24, 2.45) is 5.92 Å². The summed E-state index contributed by atoms with van der Waals surface area (Å²) < 4.78 is 10.5. The highest BCUT2D eigenvalue weighted by Crippen LogP contribution is 2.27. The molecule has 5 heteroatoms. The van der Waals surface area contributed by atoms with Gasteiger partial charge in [0.25, 0.3) is 0 Å². The lowest BCUT2D eigenvalue weighted by Crippen LogP contribution is -2.36. The second kappa shape index (κ2) is 9.23. The number of carbonyl (C=O) groups is 1. The number of nitrogens with one attached hydrogen (secondary N) is 2. The van der Waals surface area contributed by atoms with Gasteiger partial charge in [-0.2, -0.15) is 0 Å². The largest absolute Gasteiger partial charge is 0.493 e. The summed E-state index contributed by atoms with van der Waals surface area (Å²) >= 11 is 0. The minimum atomic E-state index is 0.0380. The second-order valence-corrected chi connectivity index (χ2v) is 5.31. The Morgan fingerprint density at radius 1 is 1.19 bits per heavy atom. The number of carbonyl (C=O) groups excluding carboxylic acids is 1. The van der Waals surface area contributed by atoms with Gasteiger partial charge >= 0.3 is 0 Å². The summed E-state index contributed by atoms with van der Waals surface area (Å²) in [7, 11) is 3.24. The Morgan fingerprint density at radius 2 is 1.90 bits per heavy atom. The molecule has 0 bridgehead atoms. The zero-order chi connectivity index (χ0) is 15.7. The Labute approximate surface area is 127 Å². The predicted molar refractivity (Wildman–Crippen MR) is 84.0 cm³/mol. The summed E-state index contributed by atoms with van der Waals surface area (Å²) in [6.45, 7) is 5.95. The predicted octanol–water partition coefficient (Wildman–Crippen LogP) is 1.61. The van der Waals surface area contributed by atoms with Gasteiger partial charge in [-0.1, -0.05) is 19.9 Å². The number of rotatable bonds is 9. The molecule has 1 aromatic carbocycles. The third-order valence-electron chi connectivity index (χ3n) is 3.03. The third kappa shape index (κ3) is 6.49. The highest BCUT2D eigenvalue weighted by Gasteiger charge is 2.05. The lowest BCUT2D eigenvalue weighted by atomic mass is 10.1. The van der Waals surface area contributed by atoms with Crippen molar-refractivity contribution in [2.45, 2.75) is 20.3 Å². The molecule has 0 radical (unpaired) electrons. The van der Waals surface area contributed by atoms with Crippen LogP contribution >= 0.6 is 0 Å². The second-order valence-electron chi connectivity index (χ2n) is 5.31. The fourth-order valence-corrected chi connectivity index (χ4v) is 1.85. The van der Waals surface area contributed by atoms with Gasteiger partial charge in [0, 0.05) is 6.54 Å². The molecule has 0 unspecified atom stereocenters. The van der Waals surface area contributed by atoms with Crippen LogP contribution in [0.25, 0.3) is 0 Å². The lowest BCUT2D eigenvalue weighted by Gasteiger charge is -2.10. The van der Waals surface area contributed by atoms with Crippen LogP contribution < -0.4 is 20.1 Å². The van der Waals surface area contributed by atoms with Gasteiger partial charge in [0.05, 0.1) is 20.8 Å². The van der Waals surface area contributed by atoms with E-state index in [1.165, 1.54) is 0 Å². The van der Waals surface area contributed by atoms with Crippen LogP contribution in [0.4, 0.5) is 0 Å². The first-order valence-corrected chi connectivity index (χ1v) is 7.25. The quantitative estimate of drug-likeness (QED) is 0.679. The zero-order valence-electron chi connectivity index (χ0n) is 13.4. The topological polar surface area (TPSA) is 59.6 Å². The molecule has 118 valence electrons. The van der Waals surface area contributed by atoms with Crippen LogP contribution in [0.5, 0.6) is 11.5 Å². The average molecular weight is 294 g/mol. The molecule has 0 fully saturated rings. The molecule has 0 atom stereocenters. The first-order chi connectivity index (χ1) is 10.1. The molecule has 1 amide bonds. The minimum absolute atomic E-state index is 0.0380. The number of amides is 1. The third-order valence-corrected chi connectivity index (χ3v) is 3.03.